The highest BCUT2D eigenvalue weighted by atomic mass is 32.2. The van der Waals surface area contributed by atoms with Crippen LogP contribution in [0, 0.1) is 0 Å². The third-order valence-electron chi connectivity index (χ3n) is 1.48. The summed E-state index contributed by atoms with van der Waals surface area (Å²) in [4.78, 5) is 24.8. The number of carbonyl (C=O) groups is 2. The maximum atomic E-state index is 11.0. The average Bonchev–Trinajstić information content (AvgIpc) is 2.15. The smallest absolute Gasteiger partial charge is 0.354 e. The van der Waals surface area contributed by atoms with Crippen molar-refractivity contribution in [1.82, 2.24) is 4.98 Å². The van der Waals surface area contributed by atoms with E-state index in [4.69, 9.17) is 5.11 Å². The van der Waals surface area contributed by atoms with Gasteiger partial charge in [0, 0.05) is 6.20 Å². The molecule has 0 fully saturated rings. The average molecular weight is 230 g/mol. The molecule has 0 spiro atoms. The number of hydrogen-bond donors (Lipinski definition) is 2. The van der Waals surface area contributed by atoms with Gasteiger partial charge in [0.15, 0.2) is 0 Å². The van der Waals surface area contributed by atoms with Crippen molar-refractivity contribution in [3.05, 3.63) is 29.6 Å². The predicted octanol–water partition coefficient (Wildman–Crippen LogP) is -0.791. The Balaban J connectivity index is 3.11. The van der Waals surface area contributed by atoms with E-state index < -0.39 is 21.1 Å². The van der Waals surface area contributed by atoms with E-state index in [0.29, 0.717) is 0 Å². The maximum Gasteiger partial charge on any atom is 0.354 e. The minimum atomic E-state index is -4.32. The van der Waals surface area contributed by atoms with E-state index in [9.17, 15) is 18.0 Å². The monoisotopic (exact) mass is 230 g/mol. The number of carbonyl (C=O) groups excluding carboxylic acids is 1. The number of carboxylic acid groups (broad SMARTS) is 1. The summed E-state index contributed by atoms with van der Waals surface area (Å²) in [5.74, 6) is -1.27. The Kier molecular flexibility index (Phi) is 2.82. The summed E-state index contributed by atoms with van der Waals surface area (Å²) >= 11 is 0. The van der Waals surface area contributed by atoms with Gasteiger partial charge in [0.2, 0.25) is 0 Å². The van der Waals surface area contributed by atoms with Crippen LogP contribution < -0.4 is 5.14 Å². The minimum absolute atomic E-state index is 0.275. The number of aromatic nitrogens is 1. The second-order valence-corrected chi connectivity index (χ2v) is 4.03. The van der Waals surface area contributed by atoms with Gasteiger partial charge in [-0.2, -0.15) is 0 Å². The number of nitrogens with zero attached hydrogens (tertiary/aromatic N) is 1. The van der Waals surface area contributed by atoms with Gasteiger partial charge in [0.25, 0.3) is 15.1 Å². The molecule has 0 bridgehead atoms. The van der Waals surface area contributed by atoms with Crippen molar-refractivity contribution in [2.45, 2.75) is 0 Å². The van der Waals surface area contributed by atoms with Crippen LogP contribution in [0.3, 0.4) is 0 Å². The van der Waals surface area contributed by atoms with Gasteiger partial charge in [-0.3, -0.25) is 4.79 Å². The standard InChI is InChI=1S/C7H6N2O5S/c8-15(13,14)7(12)4-1-2-5(6(10)11)9-3-4/h1-3H,(H,10,11)(H2,8,13,14). The van der Waals surface area contributed by atoms with E-state index in [2.05, 4.69) is 10.1 Å². The van der Waals surface area contributed by atoms with Gasteiger partial charge in [0.1, 0.15) is 5.69 Å². The number of carboxylic acids is 1. The number of rotatable bonds is 2. The van der Waals surface area contributed by atoms with Gasteiger partial charge in [-0.15, -0.1) is 0 Å². The Bertz CT molecular complexity index is 505. The fourth-order valence-corrected chi connectivity index (χ4v) is 1.25. The fourth-order valence-electron chi connectivity index (χ4n) is 0.805. The molecule has 0 saturated carbocycles. The molecule has 1 rings (SSSR count). The van der Waals surface area contributed by atoms with E-state index in [-0.39, 0.29) is 11.3 Å². The summed E-state index contributed by atoms with van der Waals surface area (Å²) in [7, 11) is -4.32. The first-order valence-corrected chi connectivity index (χ1v) is 5.13. The lowest BCUT2D eigenvalue weighted by atomic mass is 10.3. The highest BCUT2D eigenvalue weighted by molar-refractivity contribution is 8.04. The van der Waals surface area contributed by atoms with Crippen LogP contribution in [0.15, 0.2) is 18.3 Å². The molecule has 0 aromatic carbocycles. The molecule has 0 aliphatic rings. The molecule has 0 aliphatic heterocycles. The molecule has 0 aliphatic carbocycles. The topological polar surface area (TPSA) is 127 Å². The number of hydrogen-bond acceptors (Lipinski definition) is 5. The molecule has 1 heterocycles. The van der Waals surface area contributed by atoms with Gasteiger partial charge in [-0.1, -0.05) is 0 Å². The SMILES string of the molecule is NS(=O)(=O)C(=O)c1ccc(C(=O)O)nc1. The lowest BCUT2D eigenvalue weighted by Gasteiger charge is -1.97. The Hall–Kier alpha value is -1.80. The summed E-state index contributed by atoms with van der Waals surface area (Å²) in [5, 5.41) is 11.8. The molecular formula is C7H6N2O5S. The van der Waals surface area contributed by atoms with Gasteiger partial charge in [0.05, 0.1) is 5.56 Å². The first kappa shape index (κ1) is 11.3. The van der Waals surface area contributed by atoms with Crippen LogP contribution in [0.2, 0.25) is 0 Å². The molecule has 15 heavy (non-hydrogen) atoms. The molecule has 7 nitrogen and oxygen atoms in total. The van der Waals surface area contributed by atoms with Crippen LogP contribution in [-0.2, 0) is 10.0 Å². The number of aromatic carboxylic acids is 1. The fraction of sp³-hybridized carbons (Fsp3) is 0. The largest absolute Gasteiger partial charge is 0.477 e. The van der Waals surface area contributed by atoms with Gasteiger partial charge in [-0.25, -0.2) is 23.3 Å². The number of primary sulfonamides is 1. The molecule has 80 valence electrons. The van der Waals surface area contributed by atoms with E-state index in [0.717, 1.165) is 18.3 Å². The normalized spacial score (nSPS) is 11.0. The van der Waals surface area contributed by atoms with Crippen LogP contribution >= 0.6 is 0 Å². The third kappa shape index (κ3) is 2.58. The quantitative estimate of drug-likeness (QED) is 0.685. The highest BCUT2D eigenvalue weighted by Gasteiger charge is 2.19. The first-order chi connectivity index (χ1) is 6.82. The summed E-state index contributed by atoms with van der Waals surface area (Å²) in [6, 6.07) is 2.05. The zero-order chi connectivity index (χ0) is 11.6. The lowest BCUT2D eigenvalue weighted by Crippen LogP contribution is -2.23. The number of sulfonamides is 1. The molecule has 8 heteroatoms. The van der Waals surface area contributed by atoms with Crippen LogP contribution in [0.5, 0.6) is 0 Å². The number of pyridine rings is 1. The number of nitrogens with two attached hydrogens (primary N) is 1. The molecule has 3 N–H and O–H groups in total. The minimum Gasteiger partial charge on any atom is -0.477 e. The van der Waals surface area contributed by atoms with Crippen LogP contribution in [0.1, 0.15) is 20.8 Å². The molecule has 1 aromatic heterocycles. The van der Waals surface area contributed by atoms with Crippen molar-refractivity contribution >= 4 is 21.1 Å². The first-order valence-electron chi connectivity index (χ1n) is 3.59. The van der Waals surface area contributed by atoms with E-state index in [1.165, 1.54) is 0 Å². The van der Waals surface area contributed by atoms with E-state index in [1.807, 2.05) is 0 Å². The predicted molar refractivity (Wildman–Crippen MR) is 48.6 cm³/mol. The van der Waals surface area contributed by atoms with E-state index >= 15 is 0 Å². The Labute approximate surface area is 84.6 Å². The molecule has 0 unspecified atom stereocenters. The Morgan fingerprint density at radius 3 is 2.27 bits per heavy atom. The molecule has 1 aromatic rings. The Morgan fingerprint density at radius 2 is 1.93 bits per heavy atom. The summed E-state index contributed by atoms with van der Waals surface area (Å²) in [5.41, 5.74) is -0.566. The summed E-state index contributed by atoms with van der Waals surface area (Å²) < 4.78 is 21.3. The maximum absolute atomic E-state index is 11.0. The van der Waals surface area contributed by atoms with Gasteiger partial charge in [-0.05, 0) is 12.1 Å². The molecule has 0 radical (unpaired) electrons. The molecule has 0 atom stereocenters. The van der Waals surface area contributed by atoms with Crippen LogP contribution in [0.4, 0.5) is 0 Å². The summed E-state index contributed by atoms with van der Waals surface area (Å²) in [6.07, 6.45) is 0.843. The lowest BCUT2D eigenvalue weighted by molar-refractivity contribution is 0.0690. The zero-order valence-corrected chi connectivity index (χ0v) is 8.06. The zero-order valence-electron chi connectivity index (χ0n) is 7.25. The van der Waals surface area contributed by atoms with Crippen molar-refractivity contribution < 1.29 is 23.1 Å². The van der Waals surface area contributed by atoms with Crippen LogP contribution in [0.25, 0.3) is 0 Å². The van der Waals surface area contributed by atoms with Crippen molar-refractivity contribution in [2.24, 2.45) is 5.14 Å². The van der Waals surface area contributed by atoms with Gasteiger partial charge < -0.3 is 5.11 Å². The van der Waals surface area contributed by atoms with Crippen molar-refractivity contribution in [1.29, 1.82) is 0 Å². The molecule has 0 amide bonds. The van der Waals surface area contributed by atoms with Crippen molar-refractivity contribution in [3.8, 4) is 0 Å². The highest BCUT2D eigenvalue weighted by Crippen LogP contribution is 2.03. The van der Waals surface area contributed by atoms with Crippen molar-refractivity contribution in [3.63, 3.8) is 0 Å². The molecular weight excluding hydrogens is 224 g/mol. The third-order valence-corrected chi connectivity index (χ3v) is 2.23. The van der Waals surface area contributed by atoms with Crippen molar-refractivity contribution in [2.75, 3.05) is 0 Å². The van der Waals surface area contributed by atoms with Crippen LogP contribution in [-0.4, -0.2) is 29.6 Å². The van der Waals surface area contributed by atoms with Gasteiger partial charge >= 0.3 is 5.97 Å². The second kappa shape index (κ2) is 3.75. The summed E-state index contributed by atoms with van der Waals surface area (Å²) in [6.45, 7) is 0. The second-order valence-electron chi connectivity index (χ2n) is 2.57. The Morgan fingerprint density at radius 1 is 1.33 bits per heavy atom. The molecule has 0 saturated heterocycles. The van der Waals surface area contributed by atoms with E-state index in [1.54, 1.807) is 0 Å².